The second kappa shape index (κ2) is 9.32. The van der Waals surface area contributed by atoms with Crippen LogP contribution in [0.15, 0.2) is 40.6 Å². The van der Waals surface area contributed by atoms with Crippen molar-refractivity contribution in [2.24, 2.45) is 0 Å². The molecule has 0 radical (unpaired) electrons. The van der Waals surface area contributed by atoms with Crippen molar-refractivity contribution in [1.29, 1.82) is 0 Å². The Morgan fingerprint density at radius 1 is 1.25 bits per heavy atom. The van der Waals surface area contributed by atoms with E-state index in [-0.39, 0.29) is 22.4 Å². The van der Waals surface area contributed by atoms with Crippen molar-refractivity contribution in [3.8, 4) is 0 Å². The van der Waals surface area contributed by atoms with Gasteiger partial charge in [-0.25, -0.2) is 0 Å². The third-order valence-corrected chi connectivity index (χ3v) is 3.18. The molecular formula is C13H14AgCl2N2O2-. The number of hydrogen-bond acceptors (Lipinski definition) is 4. The van der Waals surface area contributed by atoms with Crippen molar-refractivity contribution >= 4 is 29.2 Å². The van der Waals surface area contributed by atoms with Crippen LogP contribution in [-0.4, -0.2) is 22.8 Å². The molecule has 1 aliphatic rings. The molecule has 0 unspecified atom stereocenters. The van der Waals surface area contributed by atoms with Gasteiger partial charge in [-0.15, -0.1) is 0 Å². The van der Waals surface area contributed by atoms with Gasteiger partial charge in [-0.3, -0.25) is 0 Å². The predicted molar refractivity (Wildman–Crippen MR) is 73.5 cm³/mol. The molecule has 0 fully saturated rings. The van der Waals surface area contributed by atoms with E-state index in [0.29, 0.717) is 10.3 Å². The van der Waals surface area contributed by atoms with E-state index in [1.807, 2.05) is 36.8 Å². The molecule has 0 aliphatic carbocycles. The Kier molecular flexibility index (Phi) is 9.01. The van der Waals surface area contributed by atoms with E-state index in [1.165, 1.54) is 5.56 Å². The van der Waals surface area contributed by atoms with Crippen molar-refractivity contribution < 1.29 is 32.3 Å². The Morgan fingerprint density at radius 2 is 1.75 bits per heavy atom. The maximum Gasteiger partial charge on any atom is 1.00 e. The van der Waals surface area contributed by atoms with E-state index in [1.54, 1.807) is 4.90 Å². The number of benzene rings is 1. The van der Waals surface area contributed by atoms with Crippen LogP contribution in [0.2, 0.25) is 0 Å². The number of carboxylic acid groups (broad SMARTS) is 1. The molecule has 0 bridgehead atoms. The summed E-state index contributed by atoms with van der Waals surface area (Å²) in [5, 5.41) is 10.0. The van der Waals surface area contributed by atoms with Crippen LogP contribution in [0.1, 0.15) is 12.5 Å². The van der Waals surface area contributed by atoms with Gasteiger partial charge in [-0.2, -0.15) is 6.67 Å². The number of halogens is 2. The fourth-order valence-corrected chi connectivity index (χ4v) is 1.85. The van der Waals surface area contributed by atoms with E-state index in [0.717, 1.165) is 13.5 Å². The maximum absolute atomic E-state index is 8.89. The number of aliphatic carboxylic acids is 1. The smallest absolute Gasteiger partial charge is 0.550 e. The molecule has 0 aromatic heterocycles. The van der Waals surface area contributed by atoms with Crippen LogP contribution in [0.3, 0.4) is 0 Å². The van der Waals surface area contributed by atoms with Crippen LogP contribution in [0, 0.1) is 6.67 Å². The van der Waals surface area contributed by atoms with E-state index >= 15 is 0 Å². The predicted octanol–water partition coefficient (Wildman–Crippen LogP) is 1.91. The third kappa shape index (κ3) is 6.20. The summed E-state index contributed by atoms with van der Waals surface area (Å²) in [6.45, 7) is 3.60. The summed E-state index contributed by atoms with van der Waals surface area (Å²) in [6, 6.07) is 10.1. The summed E-state index contributed by atoms with van der Waals surface area (Å²) in [5.74, 6) is -1.08. The second-order valence-corrected chi connectivity index (χ2v) is 4.63. The van der Waals surface area contributed by atoms with Gasteiger partial charge in [-0.1, -0.05) is 53.5 Å². The summed E-state index contributed by atoms with van der Waals surface area (Å²) >= 11 is 12.0. The van der Waals surface area contributed by atoms with Gasteiger partial charge in [0.25, 0.3) is 0 Å². The monoisotopic (exact) mass is 407 g/mol. The molecule has 1 aromatic carbocycles. The standard InChI is InChI=1S/C11H11Cl2N2.C2H4O2.Ag/c1-14-8-15(11(13)10(14)12)7-9-5-3-2-4-6-9;1-2(3)4;/h2-6,8H,7H2,1H3;1H3,(H,3,4);/q-1;;+1/p-1. The van der Waals surface area contributed by atoms with Crippen molar-refractivity contribution in [1.82, 2.24) is 9.80 Å². The van der Waals surface area contributed by atoms with E-state index in [2.05, 4.69) is 12.1 Å². The Hall–Kier alpha value is -0.650. The molecule has 2 rings (SSSR count). The number of carbonyl (C=O) groups is 1. The Balaban J connectivity index is 0.000000644. The second-order valence-electron chi connectivity index (χ2n) is 3.91. The molecule has 20 heavy (non-hydrogen) atoms. The summed E-state index contributed by atoms with van der Waals surface area (Å²) in [7, 11) is 1.87. The number of rotatable bonds is 2. The summed E-state index contributed by atoms with van der Waals surface area (Å²) < 4.78 is 0. The van der Waals surface area contributed by atoms with E-state index in [4.69, 9.17) is 33.1 Å². The Labute approximate surface area is 144 Å². The first-order valence-corrected chi connectivity index (χ1v) is 6.28. The van der Waals surface area contributed by atoms with Crippen LogP contribution < -0.4 is 5.11 Å². The Morgan fingerprint density at radius 3 is 2.15 bits per heavy atom. The fraction of sp³-hybridized carbons (Fsp3) is 0.231. The molecule has 1 aliphatic heterocycles. The minimum absolute atomic E-state index is 0. The van der Waals surface area contributed by atoms with Crippen LogP contribution in [-0.2, 0) is 33.7 Å². The number of carboxylic acids is 1. The average molecular weight is 409 g/mol. The molecule has 0 atom stereocenters. The van der Waals surface area contributed by atoms with Gasteiger partial charge in [0, 0.05) is 12.5 Å². The van der Waals surface area contributed by atoms with Crippen molar-refractivity contribution in [2.45, 2.75) is 13.5 Å². The van der Waals surface area contributed by atoms with Crippen molar-refractivity contribution in [3.63, 3.8) is 0 Å². The Bertz CT molecular complexity index is 465. The summed E-state index contributed by atoms with van der Waals surface area (Å²) in [6.07, 6.45) is 0. The first-order valence-electron chi connectivity index (χ1n) is 5.53. The van der Waals surface area contributed by atoms with Gasteiger partial charge in [0.1, 0.15) is 10.3 Å². The zero-order chi connectivity index (χ0) is 14.4. The summed E-state index contributed by atoms with van der Waals surface area (Å²) in [5.41, 5.74) is 1.20. The molecule has 0 saturated heterocycles. The molecule has 1 heterocycles. The molecule has 114 valence electrons. The molecule has 4 nitrogen and oxygen atoms in total. The first-order chi connectivity index (χ1) is 8.91. The topological polar surface area (TPSA) is 46.6 Å². The van der Waals surface area contributed by atoms with Crippen LogP contribution in [0.4, 0.5) is 0 Å². The largest absolute Gasteiger partial charge is 1.00 e. The SMILES string of the molecule is CC(=O)[O-].CN1[CH-]N(Cc2ccccc2)C(Cl)=C1Cl.[Ag+]. The van der Waals surface area contributed by atoms with Gasteiger partial charge in [-0.05, 0) is 19.5 Å². The third-order valence-electron chi connectivity index (χ3n) is 2.24. The molecular weight excluding hydrogens is 395 g/mol. The zero-order valence-corrected chi connectivity index (χ0v) is 13.9. The quantitative estimate of drug-likeness (QED) is 0.426. The zero-order valence-electron chi connectivity index (χ0n) is 10.9. The normalized spacial score (nSPS) is 13.6. The maximum atomic E-state index is 8.89. The molecule has 0 amide bonds. The number of hydrogen-bond donors (Lipinski definition) is 0. The fourth-order valence-electron chi connectivity index (χ4n) is 1.46. The molecule has 0 spiro atoms. The van der Waals surface area contributed by atoms with Crippen molar-refractivity contribution in [3.05, 3.63) is 52.9 Å². The minimum Gasteiger partial charge on any atom is -0.550 e. The van der Waals surface area contributed by atoms with Crippen LogP contribution in [0.5, 0.6) is 0 Å². The molecule has 7 heteroatoms. The van der Waals surface area contributed by atoms with Crippen LogP contribution in [0.25, 0.3) is 0 Å². The number of nitrogens with zero attached hydrogens (tertiary/aromatic N) is 2. The van der Waals surface area contributed by atoms with Crippen LogP contribution >= 0.6 is 23.2 Å². The van der Waals surface area contributed by atoms with Gasteiger partial charge < -0.3 is 19.7 Å². The molecule has 0 N–H and O–H groups in total. The van der Waals surface area contributed by atoms with E-state index < -0.39 is 5.97 Å². The van der Waals surface area contributed by atoms with Crippen molar-refractivity contribution in [2.75, 3.05) is 7.05 Å². The van der Waals surface area contributed by atoms with Gasteiger partial charge >= 0.3 is 22.4 Å². The molecule has 0 saturated carbocycles. The van der Waals surface area contributed by atoms with E-state index in [9.17, 15) is 0 Å². The van der Waals surface area contributed by atoms with Gasteiger partial charge in [0.2, 0.25) is 0 Å². The minimum atomic E-state index is -1.08. The number of carbonyl (C=O) groups excluding carboxylic acids is 1. The average Bonchev–Trinajstić information content (AvgIpc) is 2.58. The van der Waals surface area contributed by atoms with Gasteiger partial charge in [0.15, 0.2) is 0 Å². The summed E-state index contributed by atoms with van der Waals surface area (Å²) in [4.78, 5) is 12.6. The van der Waals surface area contributed by atoms with Gasteiger partial charge in [0.05, 0.1) is 0 Å². The first kappa shape index (κ1) is 19.4. The molecule has 1 aromatic rings.